The molecule has 0 radical (unpaired) electrons. The molecule has 122 valence electrons. The predicted molar refractivity (Wildman–Crippen MR) is 97.4 cm³/mol. The van der Waals surface area contributed by atoms with Crippen molar-refractivity contribution in [2.45, 2.75) is 13.0 Å². The summed E-state index contributed by atoms with van der Waals surface area (Å²) in [5, 5.41) is 11.3. The first-order chi connectivity index (χ1) is 11.6. The predicted octanol–water partition coefficient (Wildman–Crippen LogP) is 4.78. The molecule has 0 amide bonds. The molecule has 0 aliphatic heterocycles. The van der Waals surface area contributed by atoms with E-state index in [9.17, 15) is 4.79 Å². The Morgan fingerprint density at radius 1 is 1.21 bits per heavy atom. The summed E-state index contributed by atoms with van der Waals surface area (Å²) in [5.74, 6) is -0.167. The summed E-state index contributed by atoms with van der Waals surface area (Å²) in [7, 11) is 0. The molecule has 4 nitrogen and oxygen atoms in total. The Balaban J connectivity index is 1.85. The third kappa shape index (κ3) is 4.21. The molecule has 0 saturated heterocycles. The van der Waals surface area contributed by atoms with Gasteiger partial charge in [0.25, 0.3) is 0 Å². The van der Waals surface area contributed by atoms with Crippen LogP contribution in [-0.2, 0) is 17.8 Å². The van der Waals surface area contributed by atoms with Gasteiger partial charge in [0.2, 0.25) is 0 Å². The van der Waals surface area contributed by atoms with Crippen molar-refractivity contribution in [1.29, 1.82) is 0 Å². The number of halogens is 1. The minimum Gasteiger partial charge on any atom is -0.488 e. The number of carboxylic acid groups (broad SMARTS) is 1. The van der Waals surface area contributed by atoms with E-state index >= 15 is 0 Å². The third-order valence-electron chi connectivity index (χ3n) is 3.31. The van der Waals surface area contributed by atoms with Gasteiger partial charge in [-0.1, -0.05) is 46.3 Å². The molecule has 0 atom stereocenters. The second-order valence-corrected chi connectivity index (χ2v) is 6.97. The van der Waals surface area contributed by atoms with Crippen molar-refractivity contribution < 1.29 is 14.6 Å². The zero-order valence-electron chi connectivity index (χ0n) is 12.6. The Labute approximate surface area is 151 Å². The quantitative estimate of drug-likeness (QED) is 0.643. The van der Waals surface area contributed by atoms with Crippen LogP contribution in [-0.4, -0.2) is 16.1 Å². The zero-order chi connectivity index (χ0) is 16.9. The third-order valence-corrected chi connectivity index (χ3v) is 4.65. The van der Waals surface area contributed by atoms with Crippen LogP contribution in [0, 0.1) is 0 Å². The van der Waals surface area contributed by atoms with Gasteiger partial charge in [0.1, 0.15) is 17.4 Å². The van der Waals surface area contributed by atoms with E-state index < -0.39 is 5.97 Å². The first-order valence-corrected chi connectivity index (χ1v) is 8.92. The Morgan fingerprint density at radius 3 is 2.75 bits per heavy atom. The van der Waals surface area contributed by atoms with Gasteiger partial charge in [0.05, 0.1) is 12.1 Å². The number of hydrogen-bond acceptors (Lipinski definition) is 4. The molecule has 0 aliphatic carbocycles. The highest BCUT2D eigenvalue weighted by Gasteiger charge is 2.13. The van der Waals surface area contributed by atoms with Crippen molar-refractivity contribution in [1.82, 2.24) is 4.98 Å². The molecule has 24 heavy (non-hydrogen) atoms. The first-order valence-electron chi connectivity index (χ1n) is 7.24. The average molecular weight is 404 g/mol. The van der Waals surface area contributed by atoms with E-state index in [4.69, 9.17) is 9.84 Å². The number of ether oxygens (including phenoxy) is 1. The topological polar surface area (TPSA) is 59.4 Å². The molecule has 1 heterocycles. The highest BCUT2D eigenvalue weighted by atomic mass is 79.9. The van der Waals surface area contributed by atoms with Gasteiger partial charge in [0, 0.05) is 15.4 Å². The zero-order valence-corrected chi connectivity index (χ0v) is 15.0. The molecule has 2 aromatic carbocycles. The number of rotatable bonds is 6. The Morgan fingerprint density at radius 2 is 2.00 bits per heavy atom. The van der Waals surface area contributed by atoms with Crippen LogP contribution < -0.4 is 4.74 Å². The molecular formula is C18H14BrNO3S. The molecule has 3 rings (SSSR count). The number of nitrogens with zero attached hydrogens (tertiary/aromatic N) is 1. The van der Waals surface area contributed by atoms with E-state index in [1.54, 1.807) is 0 Å². The van der Waals surface area contributed by atoms with Crippen LogP contribution in [0.5, 0.6) is 5.75 Å². The van der Waals surface area contributed by atoms with Gasteiger partial charge in [-0.15, -0.1) is 11.3 Å². The molecule has 0 saturated carbocycles. The Bertz CT molecular complexity index is 848. The van der Waals surface area contributed by atoms with Gasteiger partial charge in [-0.25, -0.2) is 4.98 Å². The number of carbonyl (C=O) groups is 1. The molecule has 0 bridgehead atoms. The van der Waals surface area contributed by atoms with Gasteiger partial charge in [0.15, 0.2) is 0 Å². The van der Waals surface area contributed by atoms with Gasteiger partial charge < -0.3 is 9.84 Å². The van der Waals surface area contributed by atoms with E-state index in [0.29, 0.717) is 17.4 Å². The maximum atomic E-state index is 10.8. The summed E-state index contributed by atoms with van der Waals surface area (Å²) < 4.78 is 6.86. The van der Waals surface area contributed by atoms with Crippen LogP contribution >= 0.6 is 27.3 Å². The number of benzene rings is 2. The van der Waals surface area contributed by atoms with Crippen molar-refractivity contribution in [3.05, 3.63) is 69.0 Å². The van der Waals surface area contributed by atoms with Crippen molar-refractivity contribution in [2.24, 2.45) is 0 Å². The maximum Gasteiger partial charge on any atom is 0.310 e. The van der Waals surface area contributed by atoms with Crippen LogP contribution in [0.25, 0.3) is 11.3 Å². The molecule has 3 aromatic rings. The van der Waals surface area contributed by atoms with Crippen LogP contribution in [0.4, 0.5) is 0 Å². The molecule has 0 aliphatic rings. The van der Waals surface area contributed by atoms with E-state index in [-0.39, 0.29) is 6.42 Å². The van der Waals surface area contributed by atoms with Crippen molar-refractivity contribution in [3.8, 4) is 17.0 Å². The van der Waals surface area contributed by atoms with Gasteiger partial charge in [-0.05, 0) is 23.8 Å². The molecular weight excluding hydrogens is 390 g/mol. The summed E-state index contributed by atoms with van der Waals surface area (Å²) in [6, 6.07) is 15.7. The fourth-order valence-electron chi connectivity index (χ4n) is 2.21. The fourth-order valence-corrected chi connectivity index (χ4v) is 3.36. The van der Waals surface area contributed by atoms with E-state index in [1.807, 2.05) is 53.9 Å². The smallest absolute Gasteiger partial charge is 0.310 e. The monoisotopic (exact) mass is 403 g/mol. The summed E-state index contributed by atoms with van der Waals surface area (Å²) in [5.41, 5.74) is 2.64. The number of carboxylic acids is 1. The van der Waals surface area contributed by atoms with E-state index in [2.05, 4.69) is 20.9 Å². The van der Waals surface area contributed by atoms with Gasteiger partial charge in [-0.2, -0.15) is 0 Å². The lowest BCUT2D eigenvalue weighted by Crippen LogP contribution is -1.99. The Kier molecular flexibility index (Phi) is 5.27. The average Bonchev–Trinajstić information content (AvgIpc) is 3.02. The van der Waals surface area contributed by atoms with Crippen LogP contribution in [0.15, 0.2) is 58.4 Å². The molecule has 0 unspecified atom stereocenters. The minimum atomic E-state index is -0.884. The summed E-state index contributed by atoms with van der Waals surface area (Å²) in [6.45, 7) is 0.460. The van der Waals surface area contributed by atoms with Crippen LogP contribution in [0.1, 0.15) is 10.6 Å². The summed E-state index contributed by atoms with van der Waals surface area (Å²) in [6.07, 6.45) is -0.0706. The van der Waals surface area contributed by atoms with Crippen molar-refractivity contribution in [3.63, 3.8) is 0 Å². The second-order valence-electron chi connectivity index (χ2n) is 5.11. The Hall–Kier alpha value is -2.18. The molecule has 6 heteroatoms. The minimum absolute atomic E-state index is 0.0706. The lowest BCUT2D eigenvalue weighted by Gasteiger charge is -2.11. The van der Waals surface area contributed by atoms with Gasteiger partial charge in [-0.3, -0.25) is 4.79 Å². The number of aliphatic carboxylic acids is 1. The molecule has 0 spiro atoms. The molecule has 1 aromatic heterocycles. The van der Waals surface area contributed by atoms with Crippen molar-refractivity contribution >= 4 is 33.2 Å². The standard InChI is InChI=1S/C18H14BrNO3S/c19-13-6-7-16(23-10-12-4-2-1-3-5-12)14(8-13)15-11-24-17(20-15)9-18(21)22/h1-8,11H,9-10H2,(H,21,22). The normalized spacial score (nSPS) is 10.5. The maximum absolute atomic E-state index is 10.8. The van der Waals surface area contributed by atoms with Crippen LogP contribution in [0.3, 0.4) is 0 Å². The second kappa shape index (κ2) is 7.59. The fraction of sp³-hybridized carbons (Fsp3) is 0.111. The summed E-state index contributed by atoms with van der Waals surface area (Å²) >= 11 is 4.80. The lowest BCUT2D eigenvalue weighted by molar-refractivity contribution is -0.136. The number of thiazole rings is 1. The number of aromatic nitrogens is 1. The lowest BCUT2D eigenvalue weighted by atomic mass is 10.1. The first kappa shape index (κ1) is 16.7. The highest BCUT2D eigenvalue weighted by molar-refractivity contribution is 9.10. The van der Waals surface area contributed by atoms with Crippen LogP contribution in [0.2, 0.25) is 0 Å². The SMILES string of the molecule is O=C(O)Cc1nc(-c2cc(Br)ccc2OCc2ccccc2)cs1. The largest absolute Gasteiger partial charge is 0.488 e. The molecule has 0 fully saturated rings. The van der Waals surface area contributed by atoms with Gasteiger partial charge >= 0.3 is 5.97 Å². The number of hydrogen-bond donors (Lipinski definition) is 1. The van der Waals surface area contributed by atoms with E-state index in [0.717, 1.165) is 21.3 Å². The summed E-state index contributed by atoms with van der Waals surface area (Å²) in [4.78, 5) is 15.2. The molecule has 1 N–H and O–H groups in total. The van der Waals surface area contributed by atoms with E-state index in [1.165, 1.54) is 11.3 Å². The van der Waals surface area contributed by atoms with Crippen molar-refractivity contribution in [2.75, 3.05) is 0 Å². The highest BCUT2D eigenvalue weighted by Crippen LogP contribution is 2.34.